The average molecular weight is 290 g/mol. The van der Waals surface area contributed by atoms with Crippen LogP contribution in [0.5, 0.6) is 11.5 Å². The second kappa shape index (κ2) is 5.05. The molecule has 1 N–H and O–H groups in total. The van der Waals surface area contributed by atoms with E-state index in [0.29, 0.717) is 0 Å². The van der Waals surface area contributed by atoms with Gasteiger partial charge in [-0.3, -0.25) is 0 Å². The number of para-hydroxylation sites is 1. The van der Waals surface area contributed by atoms with Crippen LogP contribution < -0.4 is 14.8 Å². The van der Waals surface area contributed by atoms with E-state index >= 15 is 0 Å². The van der Waals surface area contributed by atoms with E-state index in [0.717, 1.165) is 47.5 Å². The molecule has 0 radical (unpaired) electrons. The van der Waals surface area contributed by atoms with Gasteiger partial charge in [0.1, 0.15) is 11.1 Å². The number of hydrogen-bond donors (Lipinski definition) is 1. The van der Waals surface area contributed by atoms with Gasteiger partial charge in [-0.1, -0.05) is 6.07 Å². The molecule has 0 amide bonds. The second-order valence-corrected chi connectivity index (χ2v) is 5.56. The first-order valence-electron chi connectivity index (χ1n) is 6.58. The summed E-state index contributed by atoms with van der Waals surface area (Å²) in [5.41, 5.74) is 1.90. The summed E-state index contributed by atoms with van der Waals surface area (Å²) >= 11 is 1.62. The van der Waals surface area contributed by atoms with Crippen LogP contribution in [0.3, 0.4) is 0 Å². The van der Waals surface area contributed by atoms with Gasteiger partial charge < -0.3 is 19.5 Å². The molecule has 2 aromatic rings. The molecule has 2 aliphatic rings. The van der Waals surface area contributed by atoms with Gasteiger partial charge in [0.25, 0.3) is 0 Å². The number of morpholine rings is 1. The van der Waals surface area contributed by atoms with Crippen LogP contribution in [0.15, 0.2) is 23.6 Å². The van der Waals surface area contributed by atoms with Crippen molar-refractivity contribution >= 4 is 11.3 Å². The van der Waals surface area contributed by atoms with Crippen molar-refractivity contribution in [2.45, 2.75) is 6.10 Å². The van der Waals surface area contributed by atoms with Gasteiger partial charge in [0, 0.05) is 24.0 Å². The lowest BCUT2D eigenvalue weighted by molar-refractivity contribution is 0.0276. The average Bonchev–Trinajstić information content (AvgIpc) is 3.17. The topological polar surface area (TPSA) is 52.6 Å². The molecule has 0 unspecified atom stereocenters. The molecule has 1 aromatic heterocycles. The molecule has 0 saturated carbocycles. The summed E-state index contributed by atoms with van der Waals surface area (Å²) in [6.07, 6.45) is 0.0522. The van der Waals surface area contributed by atoms with E-state index in [2.05, 4.69) is 5.32 Å². The van der Waals surface area contributed by atoms with Gasteiger partial charge in [-0.25, -0.2) is 4.98 Å². The van der Waals surface area contributed by atoms with Gasteiger partial charge >= 0.3 is 0 Å². The Morgan fingerprint density at radius 3 is 3.20 bits per heavy atom. The van der Waals surface area contributed by atoms with Crippen molar-refractivity contribution in [3.63, 3.8) is 0 Å². The van der Waals surface area contributed by atoms with E-state index in [1.165, 1.54) is 0 Å². The number of nitrogens with one attached hydrogen (secondary N) is 1. The van der Waals surface area contributed by atoms with Crippen molar-refractivity contribution in [3.05, 3.63) is 28.6 Å². The molecule has 6 heteroatoms. The molecular weight excluding hydrogens is 276 g/mol. The largest absolute Gasteiger partial charge is 0.454 e. The first kappa shape index (κ1) is 12.1. The summed E-state index contributed by atoms with van der Waals surface area (Å²) in [6, 6.07) is 5.88. The van der Waals surface area contributed by atoms with Crippen LogP contribution in [-0.2, 0) is 4.74 Å². The zero-order chi connectivity index (χ0) is 13.4. The zero-order valence-corrected chi connectivity index (χ0v) is 11.6. The Labute approximate surface area is 120 Å². The van der Waals surface area contributed by atoms with Gasteiger partial charge in [0.15, 0.2) is 11.5 Å². The number of hydrogen-bond acceptors (Lipinski definition) is 6. The third kappa shape index (κ3) is 2.06. The van der Waals surface area contributed by atoms with Crippen LogP contribution in [0, 0.1) is 0 Å². The van der Waals surface area contributed by atoms with Gasteiger partial charge in [-0.15, -0.1) is 11.3 Å². The fourth-order valence-electron chi connectivity index (χ4n) is 2.42. The third-order valence-electron chi connectivity index (χ3n) is 3.40. The molecule has 2 aliphatic heterocycles. The van der Waals surface area contributed by atoms with Crippen molar-refractivity contribution in [2.24, 2.45) is 0 Å². The highest BCUT2D eigenvalue weighted by Crippen LogP contribution is 2.41. The fourth-order valence-corrected chi connectivity index (χ4v) is 3.28. The standard InChI is InChI=1S/C14H14N2O3S/c1-2-9(13-11(3-1)18-8-19-13)10-7-20-14(16-10)12-6-15-4-5-17-12/h1-3,7,12,15H,4-6,8H2/t12-/m1/s1. The van der Waals surface area contributed by atoms with E-state index in [1.807, 2.05) is 23.6 Å². The smallest absolute Gasteiger partial charge is 0.231 e. The fraction of sp³-hybridized carbons (Fsp3) is 0.357. The van der Waals surface area contributed by atoms with E-state index < -0.39 is 0 Å². The molecule has 3 heterocycles. The Balaban J connectivity index is 1.66. The van der Waals surface area contributed by atoms with E-state index in [-0.39, 0.29) is 12.9 Å². The third-order valence-corrected chi connectivity index (χ3v) is 4.33. The second-order valence-electron chi connectivity index (χ2n) is 4.67. The maximum atomic E-state index is 5.74. The summed E-state index contributed by atoms with van der Waals surface area (Å²) in [5.74, 6) is 1.57. The van der Waals surface area contributed by atoms with Crippen LogP contribution in [0.4, 0.5) is 0 Å². The number of benzene rings is 1. The maximum Gasteiger partial charge on any atom is 0.231 e. The number of fused-ring (bicyclic) bond motifs is 1. The number of thiazole rings is 1. The molecule has 0 spiro atoms. The van der Waals surface area contributed by atoms with Crippen molar-refractivity contribution in [1.82, 2.24) is 10.3 Å². The SMILES string of the molecule is c1cc2c(c(-c3csc([C@H]4CNCCO4)n3)c1)OCO2. The summed E-state index contributed by atoms with van der Waals surface area (Å²) in [7, 11) is 0. The molecule has 1 saturated heterocycles. The molecule has 4 rings (SSSR count). The monoisotopic (exact) mass is 290 g/mol. The van der Waals surface area contributed by atoms with Gasteiger partial charge in [0.2, 0.25) is 6.79 Å². The predicted octanol–water partition coefficient (Wildman–Crippen LogP) is 2.20. The first-order valence-corrected chi connectivity index (χ1v) is 7.46. The minimum absolute atomic E-state index is 0.0522. The highest BCUT2D eigenvalue weighted by Gasteiger charge is 2.23. The van der Waals surface area contributed by atoms with E-state index in [1.54, 1.807) is 11.3 Å². The summed E-state index contributed by atoms with van der Waals surface area (Å²) in [5, 5.41) is 6.37. The molecule has 0 bridgehead atoms. The summed E-state index contributed by atoms with van der Waals surface area (Å²) in [4.78, 5) is 4.70. The number of nitrogens with zero attached hydrogens (tertiary/aromatic N) is 1. The van der Waals surface area contributed by atoms with Crippen LogP contribution in [-0.4, -0.2) is 31.5 Å². The Kier molecular flexibility index (Phi) is 3.06. The molecule has 5 nitrogen and oxygen atoms in total. The van der Waals surface area contributed by atoms with Crippen molar-refractivity contribution < 1.29 is 14.2 Å². The highest BCUT2D eigenvalue weighted by atomic mass is 32.1. The Hall–Kier alpha value is -1.63. The Bertz CT molecular complexity index is 623. The van der Waals surface area contributed by atoms with Gasteiger partial charge in [-0.2, -0.15) is 0 Å². The number of ether oxygens (including phenoxy) is 3. The van der Waals surface area contributed by atoms with Gasteiger partial charge in [-0.05, 0) is 12.1 Å². The van der Waals surface area contributed by atoms with Crippen LogP contribution >= 0.6 is 11.3 Å². The Morgan fingerprint density at radius 2 is 2.30 bits per heavy atom. The van der Waals surface area contributed by atoms with Crippen molar-refractivity contribution in [3.8, 4) is 22.8 Å². The van der Waals surface area contributed by atoms with Crippen LogP contribution in [0.1, 0.15) is 11.1 Å². The van der Waals surface area contributed by atoms with Gasteiger partial charge in [0.05, 0.1) is 12.3 Å². The molecule has 1 fully saturated rings. The first-order chi connectivity index (χ1) is 9.92. The van der Waals surface area contributed by atoms with Crippen LogP contribution in [0.25, 0.3) is 11.3 Å². The lowest BCUT2D eigenvalue weighted by atomic mass is 10.1. The Morgan fingerprint density at radius 1 is 1.30 bits per heavy atom. The summed E-state index contributed by atoms with van der Waals surface area (Å²) in [6.45, 7) is 2.74. The van der Waals surface area contributed by atoms with E-state index in [9.17, 15) is 0 Å². The molecule has 1 aromatic carbocycles. The predicted molar refractivity (Wildman–Crippen MR) is 75.2 cm³/mol. The number of rotatable bonds is 2. The van der Waals surface area contributed by atoms with Crippen LogP contribution in [0.2, 0.25) is 0 Å². The minimum Gasteiger partial charge on any atom is -0.454 e. The van der Waals surface area contributed by atoms with Crippen molar-refractivity contribution in [2.75, 3.05) is 26.5 Å². The lowest BCUT2D eigenvalue weighted by Gasteiger charge is -2.21. The zero-order valence-electron chi connectivity index (χ0n) is 10.8. The highest BCUT2D eigenvalue weighted by molar-refractivity contribution is 7.10. The maximum absolute atomic E-state index is 5.74. The molecule has 0 aliphatic carbocycles. The molecule has 1 atom stereocenters. The number of aromatic nitrogens is 1. The van der Waals surface area contributed by atoms with E-state index in [4.69, 9.17) is 19.2 Å². The molecule has 104 valence electrons. The minimum atomic E-state index is 0.0522. The normalized spacial score (nSPS) is 21.1. The molecular formula is C14H14N2O3S. The summed E-state index contributed by atoms with van der Waals surface area (Å²) < 4.78 is 16.7. The quantitative estimate of drug-likeness (QED) is 0.919. The molecule has 20 heavy (non-hydrogen) atoms. The lowest BCUT2D eigenvalue weighted by Crippen LogP contribution is -2.33. The van der Waals surface area contributed by atoms with Crippen molar-refractivity contribution in [1.29, 1.82) is 0 Å².